The summed E-state index contributed by atoms with van der Waals surface area (Å²) < 4.78 is 23.5. The molecule has 1 rings (SSSR count). The van der Waals surface area contributed by atoms with Crippen LogP contribution in [0.4, 0.5) is 11.4 Å². The quantitative estimate of drug-likeness (QED) is 0.615. The summed E-state index contributed by atoms with van der Waals surface area (Å²) in [6, 6.07) is 4.76. The van der Waals surface area contributed by atoms with E-state index in [0.29, 0.717) is 4.31 Å². The summed E-state index contributed by atoms with van der Waals surface area (Å²) in [4.78, 5) is 20.5. The zero-order chi connectivity index (χ0) is 13.9. The molecular weight excluding hydrogens is 264 g/mol. The fourth-order valence-corrected chi connectivity index (χ4v) is 2.13. The molecule has 0 radical (unpaired) electrons. The van der Waals surface area contributed by atoms with Crippen LogP contribution in [0.15, 0.2) is 24.3 Å². The van der Waals surface area contributed by atoms with Crippen molar-refractivity contribution in [2.75, 3.05) is 17.1 Å². The fraction of sp³-hybridized carbons (Fsp3) is 0.222. The molecule has 0 aliphatic carbocycles. The normalized spacial score (nSPS) is 10.9. The van der Waals surface area contributed by atoms with E-state index < -0.39 is 27.5 Å². The molecule has 18 heavy (non-hydrogen) atoms. The first kappa shape index (κ1) is 13.9. The number of sulfonamides is 1. The first-order chi connectivity index (χ1) is 8.21. The summed E-state index contributed by atoms with van der Waals surface area (Å²) in [5.74, 6) is -1.35. The van der Waals surface area contributed by atoms with Crippen LogP contribution in [0.1, 0.15) is 0 Å². The van der Waals surface area contributed by atoms with Crippen LogP contribution in [-0.4, -0.2) is 37.2 Å². The smallest absolute Gasteiger partial charge is 0.324 e. The zero-order valence-electron chi connectivity index (χ0n) is 9.31. The maximum absolute atomic E-state index is 11.4. The maximum Gasteiger partial charge on any atom is 0.324 e. The van der Waals surface area contributed by atoms with E-state index in [9.17, 15) is 23.3 Å². The van der Waals surface area contributed by atoms with Gasteiger partial charge >= 0.3 is 5.97 Å². The Balaban J connectivity index is 3.25. The number of nitro benzene ring substituents is 1. The highest BCUT2D eigenvalue weighted by atomic mass is 32.2. The van der Waals surface area contributed by atoms with E-state index in [0.717, 1.165) is 12.3 Å². The van der Waals surface area contributed by atoms with Crippen LogP contribution in [0.2, 0.25) is 0 Å². The lowest BCUT2D eigenvalue weighted by atomic mass is 10.3. The van der Waals surface area contributed by atoms with Gasteiger partial charge in [-0.15, -0.1) is 0 Å². The van der Waals surface area contributed by atoms with Gasteiger partial charge in [-0.3, -0.25) is 19.2 Å². The summed E-state index contributed by atoms with van der Waals surface area (Å²) in [6.07, 6.45) is 0.828. The Kier molecular flexibility index (Phi) is 3.86. The first-order valence-corrected chi connectivity index (χ1v) is 6.50. The van der Waals surface area contributed by atoms with E-state index in [1.807, 2.05) is 0 Å². The molecule has 0 unspecified atom stereocenters. The van der Waals surface area contributed by atoms with Crippen LogP contribution in [-0.2, 0) is 14.8 Å². The highest BCUT2D eigenvalue weighted by Crippen LogP contribution is 2.22. The lowest BCUT2D eigenvalue weighted by molar-refractivity contribution is -0.384. The average Bonchev–Trinajstić information content (AvgIpc) is 2.24. The highest BCUT2D eigenvalue weighted by Gasteiger charge is 2.22. The van der Waals surface area contributed by atoms with Gasteiger partial charge in [0.05, 0.1) is 16.9 Å². The van der Waals surface area contributed by atoms with E-state index in [4.69, 9.17) is 5.11 Å². The van der Waals surface area contributed by atoms with Gasteiger partial charge in [-0.1, -0.05) is 6.07 Å². The Morgan fingerprint density at radius 3 is 2.56 bits per heavy atom. The molecule has 1 aromatic carbocycles. The van der Waals surface area contributed by atoms with Crippen molar-refractivity contribution in [1.29, 1.82) is 0 Å². The van der Waals surface area contributed by atoms with Crippen LogP contribution in [0, 0.1) is 10.1 Å². The number of rotatable bonds is 5. The topological polar surface area (TPSA) is 118 Å². The maximum atomic E-state index is 11.4. The molecule has 0 spiro atoms. The van der Waals surface area contributed by atoms with Gasteiger partial charge in [0.2, 0.25) is 10.0 Å². The predicted octanol–water partition coefficient (Wildman–Crippen LogP) is 0.445. The lowest BCUT2D eigenvalue weighted by Gasteiger charge is -2.19. The number of non-ortho nitro benzene ring substituents is 1. The molecule has 0 aromatic heterocycles. The van der Waals surface area contributed by atoms with Crippen molar-refractivity contribution in [3.05, 3.63) is 34.4 Å². The molecule has 98 valence electrons. The molecule has 0 atom stereocenters. The molecule has 1 aromatic rings. The number of carbonyl (C=O) groups is 1. The van der Waals surface area contributed by atoms with Crippen LogP contribution in [0.5, 0.6) is 0 Å². The van der Waals surface area contributed by atoms with Gasteiger partial charge in [0, 0.05) is 12.1 Å². The van der Waals surface area contributed by atoms with Crippen LogP contribution < -0.4 is 4.31 Å². The molecule has 0 saturated carbocycles. The minimum Gasteiger partial charge on any atom is -0.480 e. The van der Waals surface area contributed by atoms with Crippen molar-refractivity contribution in [3.63, 3.8) is 0 Å². The van der Waals surface area contributed by atoms with Gasteiger partial charge in [-0.25, -0.2) is 8.42 Å². The second-order valence-electron chi connectivity index (χ2n) is 3.44. The van der Waals surface area contributed by atoms with Gasteiger partial charge in [0.1, 0.15) is 6.54 Å². The van der Waals surface area contributed by atoms with Crippen molar-refractivity contribution in [2.24, 2.45) is 0 Å². The van der Waals surface area contributed by atoms with E-state index in [1.54, 1.807) is 0 Å². The Morgan fingerprint density at radius 1 is 1.50 bits per heavy atom. The number of anilines is 1. The molecule has 0 saturated heterocycles. The number of nitrogens with zero attached hydrogens (tertiary/aromatic N) is 2. The monoisotopic (exact) mass is 274 g/mol. The number of carboxylic acids is 1. The van der Waals surface area contributed by atoms with Gasteiger partial charge in [0.25, 0.3) is 5.69 Å². The number of carboxylic acid groups (broad SMARTS) is 1. The number of benzene rings is 1. The summed E-state index contributed by atoms with van der Waals surface area (Å²) >= 11 is 0. The van der Waals surface area contributed by atoms with E-state index >= 15 is 0 Å². The van der Waals surface area contributed by atoms with E-state index in [2.05, 4.69) is 0 Å². The van der Waals surface area contributed by atoms with Gasteiger partial charge in [0.15, 0.2) is 0 Å². The Bertz CT molecular complexity index is 582. The molecule has 0 fully saturated rings. The van der Waals surface area contributed by atoms with Gasteiger partial charge in [-0.2, -0.15) is 0 Å². The van der Waals surface area contributed by atoms with Gasteiger partial charge in [-0.05, 0) is 6.07 Å². The summed E-state index contributed by atoms with van der Waals surface area (Å²) in [5, 5.41) is 19.2. The largest absolute Gasteiger partial charge is 0.480 e. The molecule has 9 heteroatoms. The lowest BCUT2D eigenvalue weighted by Crippen LogP contribution is -2.34. The Morgan fingerprint density at radius 2 is 2.11 bits per heavy atom. The van der Waals surface area contributed by atoms with Gasteiger partial charge < -0.3 is 5.11 Å². The predicted molar refractivity (Wildman–Crippen MR) is 62.9 cm³/mol. The molecule has 8 nitrogen and oxygen atoms in total. The molecule has 0 heterocycles. The van der Waals surface area contributed by atoms with Crippen molar-refractivity contribution < 1.29 is 23.2 Å². The van der Waals surface area contributed by atoms with Crippen molar-refractivity contribution in [3.8, 4) is 0 Å². The van der Waals surface area contributed by atoms with Crippen molar-refractivity contribution in [1.82, 2.24) is 0 Å². The third-order valence-corrected chi connectivity index (χ3v) is 3.15. The van der Waals surface area contributed by atoms with Crippen LogP contribution in [0.25, 0.3) is 0 Å². The molecule has 0 amide bonds. The standard InChI is InChI=1S/C9H10N2O6S/c1-18(16,17)10(6-9(12)13)7-3-2-4-8(5-7)11(14)15/h2-5H,6H2,1H3,(H,12,13). The minimum absolute atomic E-state index is 0.0610. The third kappa shape index (κ3) is 3.42. The first-order valence-electron chi connectivity index (χ1n) is 4.66. The van der Waals surface area contributed by atoms with Crippen LogP contribution in [0.3, 0.4) is 0 Å². The second kappa shape index (κ2) is 5.00. The molecule has 0 aliphatic rings. The van der Waals surface area contributed by atoms with E-state index in [-0.39, 0.29) is 11.4 Å². The van der Waals surface area contributed by atoms with E-state index in [1.165, 1.54) is 18.2 Å². The highest BCUT2D eigenvalue weighted by molar-refractivity contribution is 7.92. The molecular formula is C9H10N2O6S. The number of nitro groups is 1. The van der Waals surface area contributed by atoms with Crippen molar-refractivity contribution in [2.45, 2.75) is 0 Å². The fourth-order valence-electron chi connectivity index (χ4n) is 1.28. The Hall–Kier alpha value is -2.16. The minimum atomic E-state index is -3.83. The second-order valence-corrected chi connectivity index (χ2v) is 5.35. The molecule has 0 bridgehead atoms. The van der Waals surface area contributed by atoms with Crippen molar-refractivity contribution >= 4 is 27.4 Å². The zero-order valence-corrected chi connectivity index (χ0v) is 10.1. The molecule has 0 aliphatic heterocycles. The molecule has 1 N–H and O–H groups in total. The SMILES string of the molecule is CS(=O)(=O)N(CC(=O)O)c1cccc([N+](=O)[O-])c1. The van der Waals surface area contributed by atoms with Crippen LogP contribution >= 0.6 is 0 Å². The summed E-state index contributed by atoms with van der Waals surface area (Å²) in [5.41, 5.74) is -0.374. The Labute approximate surface area is 103 Å². The number of hydrogen-bond acceptors (Lipinski definition) is 5. The summed E-state index contributed by atoms with van der Waals surface area (Å²) in [6.45, 7) is -0.792. The number of hydrogen-bond donors (Lipinski definition) is 1. The average molecular weight is 274 g/mol. The number of aliphatic carboxylic acids is 1. The summed E-state index contributed by atoms with van der Waals surface area (Å²) in [7, 11) is -3.83. The third-order valence-electron chi connectivity index (χ3n) is 2.01.